The highest BCUT2D eigenvalue weighted by molar-refractivity contribution is 6.07. The van der Waals surface area contributed by atoms with E-state index < -0.39 is 5.41 Å². The van der Waals surface area contributed by atoms with Gasteiger partial charge in [0.15, 0.2) is 0 Å². The average Bonchev–Trinajstić information content (AvgIpc) is 3.68. The third-order valence-corrected chi connectivity index (χ3v) is 14.2. The molecular weight excluding hydrogens is 687 g/mol. The largest absolute Gasteiger partial charge is 0.310 e. The van der Waals surface area contributed by atoms with Crippen LogP contribution < -0.4 is 4.90 Å². The van der Waals surface area contributed by atoms with Crippen LogP contribution in [-0.4, -0.2) is 0 Å². The zero-order valence-electron chi connectivity index (χ0n) is 32.7. The highest BCUT2D eigenvalue weighted by atomic mass is 15.1. The highest BCUT2D eigenvalue weighted by Crippen LogP contribution is 2.63. The van der Waals surface area contributed by atoms with Crippen LogP contribution in [0.2, 0.25) is 0 Å². The highest BCUT2D eigenvalue weighted by Gasteiger charge is 2.50. The minimum Gasteiger partial charge on any atom is -0.310 e. The fraction of sp³-hybridized carbons (Fsp3) is 0.179. The van der Waals surface area contributed by atoms with Gasteiger partial charge < -0.3 is 4.90 Å². The first kappa shape index (κ1) is 33.0. The van der Waals surface area contributed by atoms with Gasteiger partial charge in [0, 0.05) is 22.5 Å². The van der Waals surface area contributed by atoms with Gasteiger partial charge in [0.2, 0.25) is 0 Å². The van der Waals surface area contributed by atoms with Gasteiger partial charge in [0.05, 0.1) is 5.41 Å². The van der Waals surface area contributed by atoms with E-state index in [1.54, 1.807) is 0 Å². The van der Waals surface area contributed by atoms with Crippen molar-refractivity contribution in [1.29, 1.82) is 0 Å². The molecule has 0 radical (unpaired) electrons. The van der Waals surface area contributed by atoms with Gasteiger partial charge in [0.25, 0.3) is 0 Å². The molecule has 1 nitrogen and oxygen atoms in total. The Morgan fingerprint density at radius 2 is 0.982 bits per heavy atom. The summed E-state index contributed by atoms with van der Waals surface area (Å²) in [6, 6.07) is 65.3. The molecule has 0 heterocycles. The van der Waals surface area contributed by atoms with Crippen molar-refractivity contribution in [2.24, 2.45) is 0 Å². The summed E-state index contributed by atoms with van der Waals surface area (Å²) in [4.78, 5) is 2.48. The lowest BCUT2D eigenvalue weighted by molar-refractivity contribution is 0.443. The molecular formula is C56H45N. The van der Waals surface area contributed by atoms with Gasteiger partial charge in [-0.3, -0.25) is 0 Å². The van der Waals surface area contributed by atoms with Crippen molar-refractivity contribution >= 4 is 27.8 Å². The zero-order valence-corrected chi connectivity index (χ0v) is 32.7. The summed E-state index contributed by atoms with van der Waals surface area (Å²) in [6.45, 7) is 4.73. The molecule has 274 valence electrons. The van der Waals surface area contributed by atoms with E-state index in [9.17, 15) is 0 Å². The Bertz CT molecular complexity index is 2920. The van der Waals surface area contributed by atoms with Crippen molar-refractivity contribution in [2.75, 3.05) is 4.90 Å². The first-order valence-corrected chi connectivity index (χ1v) is 21.0. The van der Waals surface area contributed by atoms with Crippen LogP contribution in [-0.2, 0) is 10.8 Å². The first-order chi connectivity index (χ1) is 28.0. The Balaban J connectivity index is 1.13. The summed E-state index contributed by atoms with van der Waals surface area (Å²) >= 11 is 0. The topological polar surface area (TPSA) is 3.24 Å². The molecule has 1 fully saturated rings. The van der Waals surface area contributed by atoms with Crippen LogP contribution in [0.1, 0.15) is 90.8 Å². The van der Waals surface area contributed by atoms with Gasteiger partial charge in [-0.05, 0) is 138 Å². The van der Waals surface area contributed by atoms with Crippen molar-refractivity contribution in [3.8, 4) is 33.4 Å². The Labute approximate surface area is 336 Å². The first-order valence-electron chi connectivity index (χ1n) is 21.0. The Morgan fingerprint density at radius 3 is 1.81 bits per heavy atom. The molecule has 8 aromatic rings. The number of fused-ring (bicyclic) bond motifs is 12. The molecule has 4 aliphatic rings. The van der Waals surface area contributed by atoms with Gasteiger partial charge in [-0.1, -0.05) is 167 Å². The molecule has 1 heteroatoms. The monoisotopic (exact) mass is 731 g/mol. The summed E-state index contributed by atoms with van der Waals surface area (Å²) in [5.74, 6) is 0.635. The molecule has 12 rings (SSSR count). The summed E-state index contributed by atoms with van der Waals surface area (Å²) in [6.07, 6.45) is 6.62. The van der Waals surface area contributed by atoms with Gasteiger partial charge >= 0.3 is 0 Å². The molecule has 0 bridgehead atoms. The van der Waals surface area contributed by atoms with Crippen LogP contribution in [0.15, 0.2) is 170 Å². The van der Waals surface area contributed by atoms with Crippen LogP contribution in [0, 0.1) is 0 Å². The van der Waals surface area contributed by atoms with Crippen molar-refractivity contribution < 1.29 is 0 Å². The zero-order chi connectivity index (χ0) is 37.9. The molecule has 0 N–H and O–H groups in total. The molecule has 0 aliphatic heterocycles. The molecule has 0 amide bonds. The maximum Gasteiger partial charge on any atom is 0.0726 e. The SMILES string of the molecule is CC1(C)c2ccccc2-c2cc(N(c3ccccc3)c3ccc4c(c3)C3(c5ccccc5-4)c4ccc(C5CCCCC5)cc4-c4cccc5cccc3c45)ccc21. The number of rotatable bonds is 4. The Morgan fingerprint density at radius 1 is 0.404 bits per heavy atom. The smallest absolute Gasteiger partial charge is 0.0726 e. The molecule has 4 aliphatic carbocycles. The third-order valence-electron chi connectivity index (χ3n) is 14.2. The summed E-state index contributed by atoms with van der Waals surface area (Å²) < 4.78 is 0. The molecule has 1 saturated carbocycles. The molecule has 8 aromatic carbocycles. The van der Waals surface area contributed by atoms with Crippen LogP contribution >= 0.6 is 0 Å². The number of hydrogen-bond donors (Lipinski definition) is 0. The van der Waals surface area contributed by atoms with Gasteiger partial charge in [-0.15, -0.1) is 0 Å². The quantitative estimate of drug-likeness (QED) is 0.174. The number of nitrogens with zero attached hydrogens (tertiary/aromatic N) is 1. The third kappa shape index (κ3) is 4.52. The van der Waals surface area contributed by atoms with E-state index in [4.69, 9.17) is 0 Å². The van der Waals surface area contributed by atoms with Crippen molar-refractivity contribution in [1.82, 2.24) is 0 Å². The second-order valence-electron chi connectivity index (χ2n) is 17.4. The van der Waals surface area contributed by atoms with E-state index in [0.29, 0.717) is 5.92 Å². The van der Waals surface area contributed by atoms with Crippen molar-refractivity contribution in [3.63, 3.8) is 0 Å². The maximum absolute atomic E-state index is 2.60. The van der Waals surface area contributed by atoms with E-state index in [-0.39, 0.29) is 5.41 Å². The van der Waals surface area contributed by atoms with E-state index in [1.807, 2.05) is 0 Å². The normalized spacial score (nSPS) is 18.1. The minimum absolute atomic E-state index is 0.0453. The lowest BCUT2D eigenvalue weighted by atomic mass is 9.61. The average molecular weight is 732 g/mol. The predicted molar refractivity (Wildman–Crippen MR) is 238 cm³/mol. The maximum atomic E-state index is 2.60. The molecule has 0 saturated heterocycles. The van der Waals surface area contributed by atoms with E-state index in [1.165, 1.54) is 127 Å². The fourth-order valence-electron chi connectivity index (χ4n) is 11.7. The minimum atomic E-state index is -0.473. The van der Waals surface area contributed by atoms with E-state index in [2.05, 4.69) is 189 Å². The fourth-order valence-corrected chi connectivity index (χ4v) is 11.7. The van der Waals surface area contributed by atoms with Crippen LogP contribution in [0.3, 0.4) is 0 Å². The molecule has 1 unspecified atom stereocenters. The number of anilines is 3. The van der Waals surface area contributed by atoms with Crippen LogP contribution in [0.25, 0.3) is 44.2 Å². The molecule has 57 heavy (non-hydrogen) atoms. The van der Waals surface area contributed by atoms with Gasteiger partial charge in [0.1, 0.15) is 0 Å². The Hall–Kier alpha value is -6.18. The van der Waals surface area contributed by atoms with E-state index in [0.717, 1.165) is 5.69 Å². The number of hydrogen-bond acceptors (Lipinski definition) is 1. The summed E-state index contributed by atoms with van der Waals surface area (Å²) in [5.41, 5.74) is 20.9. The lowest BCUT2D eigenvalue weighted by Gasteiger charge is -2.41. The van der Waals surface area contributed by atoms with Crippen LogP contribution in [0.5, 0.6) is 0 Å². The van der Waals surface area contributed by atoms with Gasteiger partial charge in [-0.2, -0.15) is 0 Å². The van der Waals surface area contributed by atoms with Crippen molar-refractivity contribution in [2.45, 2.75) is 62.7 Å². The standard InChI is InChI=1S/C56H45N/c1-55(2)48-24-11-9-22-43(48)47-34-40(29-32-49(47)55)57(39-19-7-4-8-20-39)41-28-30-44-42-21-10-12-25-50(42)56(53(44)35-41)51-31-27-38(36-15-5-3-6-16-36)33-46(51)45-23-13-17-37-18-14-26-52(56)54(37)45/h4,7-14,17-36H,3,5-6,15-16H2,1-2H3. The molecule has 1 spiro atoms. The second-order valence-corrected chi connectivity index (χ2v) is 17.4. The second kappa shape index (κ2) is 12.2. The van der Waals surface area contributed by atoms with Crippen LogP contribution in [0.4, 0.5) is 17.1 Å². The molecule has 0 aromatic heterocycles. The Kier molecular flexibility index (Phi) is 7.04. The van der Waals surface area contributed by atoms with Crippen molar-refractivity contribution in [3.05, 3.63) is 209 Å². The van der Waals surface area contributed by atoms with Gasteiger partial charge in [-0.25, -0.2) is 0 Å². The summed E-state index contributed by atoms with van der Waals surface area (Å²) in [7, 11) is 0. The predicted octanol–water partition coefficient (Wildman–Crippen LogP) is 15.0. The number of benzene rings is 8. The molecule has 1 atom stereocenters. The number of para-hydroxylation sites is 1. The lowest BCUT2D eigenvalue weighted by Crippen LogP contribution is -2.32. The summed E-state index contributed by atoms with van der Waals surface area (Å²) in [5, 5.41) is 2.70. The van der Waals surface area contributed by atoms with E-state index >= 15 is 0 Å².